The summed E-state index contributed by atoms with van der Waals surface area (Å²) in [5.41, 5.74) is 6.04. The first-order chi connectivity index (χ1) is 10.1. The number of amides is 1. The minimum atomic E-state index is -0.645. The molecule has 0 bridgehead atoms. The van der Waals surface area contributed by atoms with Gasteiger partial charge in [-0.3, -0.25) is 4.79 Å². The van der Waals surface area contributed by atoms with E-state index in [1.165, 1.54) is 18.2 Å². The molecule has 1 fully saturated rings. The van der Waals surface area contributed by atoms with E-state index in [1.807, 2.05) is 0 Å². The molecule has 0 aromatic heterocycles. The number of carbonyl (C=O) groups is 1. The minimum Gasteiger partial charge on any atom is -0.399 e. The van der Waals surface area contributed by atoms with Crippen LogP contribution in [0.4, 0.5) is 15.8 Å². The van der Waals surface area contributed by atoms with Crippen molar-refractivity contribution in [1.82, 2.24) is 0 Å². The average Bonchev–Trinajstić information content (AvgIpc) is 2.49. The van der Waals surface area contributed by atoms with Crippen molar-refractivity contribution in [3.63, 3.8) is 0 Å². The number of rotatable bonds is 5. The number of ether oxygens (including phenoxy) is 2. The number of anilines is 2. The standard InChI is InChI=1S/C15H21FN2O3/c1-10(21-9-11-4-6-20-7-5-11)15(19)18-14-8-12(17)2-3-13(14)16/h2-3,8,10-11H,4-7,9,17H2,1H3,(H,18,19). The highest BCUT2D eigenvalue weighted by Crippen LogP contribution is 2.19. The monoisotopic (exact) mass is 296 g/mol. The molecule has 1 aliphatic rings. The Morgan fingerprint density at radius 2 is 2.24 bits per heavy atom. The predicted molar refractivity (Wildman–Crippen MR) is 78.4 cm³/mol. The Kier molecular flexibility index (Phi) is 5.52. The molecule has 2 rings (SSSR count). The van der Waals surface area contributed by atoms with Crippen molar-refractivity contribution in [3.8, 4) is 0 Å². The van der Waals surface area contributed by atoms with E-state index in [-0.39, 0.29) is 11.6 Å². The lowest BCUT2D eigenvalue weighted by Gasteiger charge is -2.23. The van der Waals surface area contributed by atoms with Crippen LogP contribution in [-0.4, -0.2) is 31.8 Å². The van der Waals surface area contributed by atoms with Crippen LogP contribution in [-0.2, 0) is 14.3 Å². The van der Waals surface area contributed by atoms with Crippen molar-refractivity contribution in [2.75, 3.05) is 30.9 Å². The van der Waals surface area contributed by atoms with Crippen molar-refractivity contribution in [2.45, 2.75) is 25.9 Å². The third-order valence-corrected chi connectivity index (χ3v) is 3.54. The number of benzene rings is 1. The third-order valence-electron chi connectivity index (χ3n) is 3.54. The highest BCUT2D eigenvalue weighted by molar-refractivity contribution is 5.94. The smallest absolute Gasteiger partial charge is 0.253 e. The van der Waals surface area contributed by atoms with Gasteiger partial charge in [0.25, 0.3) is 5.91 Å². The van der Waals surface area contributed by atoms with Crippen molar-refractivity contribution >= 4 is 17.3 Å². The minimum absolute atomic E-state index is 0.0708. The van der Waals surface area contributed by atoms with Crippen molar-refractivity contribution in [3.05, 3.63) is 24.0 Å². The summed E-state index contributed by atoms with van der Waals surface area (Å²) in [6.07, 6.45) is 1.24. The van der Waals surface area contributed by atoms with Crippen LogP contribution in [0, 0.1) is 11.7 Å². The van der Waals surface area contributed by atoms with Gasteiger partial charge < -0.3 is 20.5 Å². The molecule has 0 radical (unpaired) electrons. The van der Waals surface area contributed by atoms with E-state index in [0.29, 0.717) is 18.2 Å². The number of nitrogens with two attached hydrogens (primary N) is 1. The summed E-state index contributed by atoms with van der Waals surface area (Å²) >= 11 is 0. The molecule has 1 atom stereocenters. The van der Waals surface area contributed by atoms with Gasteiger partial charge in [-0.1, -0.05) is 0 Å². The first-order valence-electron chi connectivity index (χ1n) is 7.11. The van der Waals surface area contributed by atoms with E-state index in [1.54, 1.807) is 6.92 Å². The highest BCUT2D eigenvalue weighted by atomic mass is 19.1. The molecule has 1 unspecified atom stereocenters. The zero-order chi connectivity index (χ0) is 15.2. The Balaban J connectivity index is 1.82. The first kappa shape index (κ1) is 15.7. The van der Waals surface area contributed by atoms with Gasteiger partial charge >= 0.3 is 0 Å². The van der Waals surface area contributed by atoms with E-state index in [4.69, 9.17) is 15.2 Å². The molecule has 5 nitrogen and oxygen atoms in total. The van der Waals surface area contributed by atoms with E-state index in [9.17, 15) is 9.18 Å². The zero-order valence-electron chi connectivity index (χ0n) is 12.1. The normalized spacial score (nSPS) is 17.4. The largest absolute Gasteiger partial charge is 0.399 e. The summed E-state index contributed by atoms with van der Waals surface area (Å²) in [5, 5.41) is 2.49. The zero-order valence-corrected chi connectivity index (χ0v) is 12.1. The molecule has 1 aromatic carbocycles. The molecule has 3 N–H and O–H groups in total. The molecule has 1 aliphatic heterocycles. The summed E-state index contributed by atoms with van der Waals surface area (Å²) in [5.74, 6) is -0.487. The number of halogens is 1. The molecular weight excluding hydrogens is 275 g/mol. The Hall–Kier alpha value is -1.66. The van der Waals surface area contributed by atoms with E-state index in [2.05, 4.69) is 5.32 Å². The number of carbonyl (C=O) groups excluding carboxylic acids is 1. The third kappa shape index (κ3) is 4.68. The molecule has 0 aliphatic carbocycles. The fraction of sp³-hybridized carbons (Fsp3) is 0.533. The Morgan fingerprint density at radius 1 is 1.52 bits per heavy atom. The first-order valence-corrected chi connectivity index (χ1v) is 7.11. The fourth-order valence-electron chi connectivity index (χ4n) is 2.14. The van der Waals surface area contributed by atoms with Gasteiger partial charge in [0.2, 0.25) is 0 Å². The number of nitrogens with one attached hydrogen (secondary N) is 1. The Labute approximate surface area is 123 Å². The van der Waals surface area contributed by atoms with Crippen LogP contribution in [0.3, 0.4) is 0 Å². The maximum absolute atomic E-state index is 13.5. The number of hydrogen-bond donors (Lipinski definition) is 2. The second-order valence-corrected chi connectivity index (χ2v) is 5.26. The lowest BCUT2D eigenvalue weighted by molar-refractivity contribution is -0.127. The van der Waals surface area contributed by atoms with Crippen LogP contribution in [0.1, 0.15) is 19.8 Å². The summed E-state index contributed by atoms with van der Waals surface area (Å²) in [7, 11) is 0. The van der Waals surface area contributed by atoms with Gasteiger partial charge in [-0.15, -0.1) is 0 Å². The fourth-order valence-corrected chi connectivity index (χ4v) is 2.14. The molecule has 1 saturated heterocycles. The quantitative estimate of drug-likeness (QED) is 0.817. The van der Waals surface area contributed by atoms with Crippen LogP contribution in [0.2, 0.25) is 0 Å². The molecule has 1 aromatic rings. The summed E-state index contributed by atoms with van der Waals surface area (Å²) < 4.78 is 24.4. The molecule has 21 heavy (non-hydrogen) atoms. The SMILES string of the molecule is CC(OCC1CCOCC1)C(=O)Nc1cc(N)ccc1F. The van der Waals surface area contributed by atoms with Gasteiger partial charge in [0.05, 0.1) is 12.3 Å². The second kappa shape index (κ2) is 7.38. The topological polar surface area (TPSA) is 73.6 Å². The van der Waals surface area contributed by atoms with E-state index >= 15 is 0 Å². The lowest BCUT2D eigenvalue weighted by Crippen LogP contribution is -2.31. The molecule has 116 valence electrons. The number of nitrogen functional groups attached to an aromatic ring is 1. The van der Waals surface area contributed by atoms with Gasteiger partial charge in [0, 0.05) is 18.9 Å². The highest BCUT2D eigenvalue weighted by Gasteiger charge is 2.19. The van der Waals surface area contributed by atoms with Gasteiger partial charge in [0.1, 0.15) is 11.9 Å². The molecule has 0 spiro atoms. The molecule has 6 heteroatoms. The molecule has 0 saturated carbocycles. The van der Waals surface area contributed by atoms with E-state index in [0.717, 1.165) is 26.1 Å². The van der Waals surface area contributed by atoms with Crippen molar-refractivity contribution < 1.29 is 18.7 Å². The second-order valence-electron chi connectivity index (χ2n) is 5.26. The van der Waals surface area contributed by atoms with Crippen molar-refractivity contribution in [2.24, 2.45) is 5.92 Å². The van der Waals surface area contributed by atoms with Gasteiger partial charge in [-0.05, 0) is 43.9 Å². The average molecular weight is 296 g/mol. The molecular formula is C15H21FN2O3. The molecule has 1 heterocycles. The van der Waals surface area contributed by atoms with Crippen LogP contribution < -0.4 is 11.1 Å². The predicted octanol–water partition coefficient (Wildman–Crippen LogP) is 2.18. The van der Waals surface area contributed by atoms with Gasteiger partial charge in [-0.2, -0.15) is 0 Å². The lowest BCUT2D eigenvalue weighted by atomic mass is 10.0. The van der Waals surface area contributed by atoms with Crippen LogP contribution >= 0.6 is 0 Å². The van der Waals surface area contributed by atoms with Gasteiger partial charge in [-0.25, -0.2) is 4.39 Å². The van der Waals surface area contributed by atoms with Crippen LogP contribution in [0.25, 0.3) is 0 Å². The van der Waals surface area contributed by atoms with E-state index < -0.39 is 11.9 Å². The molecule has 1 amide bonds. The number of hydrogen-bond acceptors (Lipinski definition) is 4. The van der Waals surface area contributed by atoms with Crippen LogP contribution in [0.5, 0.6) is 0 Å². The Bertz CT molecular complexity index is 490. The maximum Gasteiger partial charge on any atom is 0.253 e. The van der Waals surface area contributed by atoms with Crippen molar-refractivity contribution in [1.29, 1.82) is 0 Å². The summed E-state index contributed by atoms with van der Waals surface area (Å²) in [4.78, 5) is 12.0. The summed E-state index contributed by atoms with van der Waals surface area (Å²) in [6, 6.07) is 4.05. The Morgan fingerprint density at radius 3 is 2.95 bits per heavy atom. The summed E-state index contributed by atoms with van der Waals surface area (Å²) in [6.45, 7) is 3.64. The maximum atomic E-state index is 13.5. The van der Waals surface area contributed by atoms with Crippen LogP contribution in [0.15, 0.2) is 18.2 Å². The van der Waals surface area contributed by atoms with Gasteiger partial charge in [0.15, 0.2) is 0 Å².